The minimum absolute atomic E-state index is 0.0432. The average molecular weight is 930 g/mol. The lowest BCUT2D eigenvalue weighted by Crippen LogP contribution is -2.70. The molecule has 0 radical (unpaired) electrons. The molecule has 7 rings (SSSR count). The van der Waals surface area contributed by atoms with E-state index in [0.717, 1.165) is 10.4 Å². The van der Waals surface area contributed by atoms with Gasteiger partial charge in [-0.05, 0) is 90.5 Å². The van der Waals surface area contributed by atoms with Gasteiger partial charge in [-0.15, -0.1) is 10.2 Å². The Morgan fingerprint density at radius 2 is 1.26 bits per heavy atom. The molecule has 3 atom stereocenters. The third-order valence-corrected chi connectivity index (χ3v) is 14.0. The fourth-order valence-corrected chi connectivity index (χ4v) is 10.1. The molecule has 62 heavy (non-hydrogen) atoms. The Morgan fingerprint density at radius 1 is 0.645 bits per heavy atom. The van der Waals surface area contributed by atoms with E-state index >= 15 is 4.39 Å². The van der Waals surface area contributed by atoms with Crippen molar-refractivity contribution in [1.29, 1.82) is 0 Å². The number of fused-ring (bicyclic) bond motifs is 2. The number of halogens is 1. The van der Waals surface area contributed by atoms with Gasteiger partial charge in [0.1, 0.15) is 33.7 Å². The molecule has 0 aromatic heterocycles. The van der Waals surface area contributed by atoms with Gasteiger partial charge in [0.2, 0.25) is 6.42 Å². The number of benzene rings is 6. The third kappa shape index (κ3) is 9.45. The summed E-state index contributed by atoms with van der Waals surface area (Å²) in [5.41, 5.74) is 6.36. The number of rotatable bonds is 13. The number of nitrogens with zero attached hydrogens (tertiary/aromatic N) is 3. The zero-order valence-corrected chi connectivity index (χ0v) is 35.1. The fourth-order valence-electron chi connectivity index (χ4n) is 6.63. The van der Waals surface area contributed by atoms with Crippen molar-refractivity contribution in [2.75, 3.05) is 27.2 Å². The zero-order valence-electron chi connectivity index (χ0n) is 31.9. The molecule has 1 fully saturated rings. The SMILES string of the molecule is CCN(c1ccccc1)S(=O)(=O)c1cc(NC2NC(F)NC(Nc3ccc4cc(S(=O)(=O)O)ccc4c3)N2)ccc1N=Nc1c(N)ccc2c(S(=O)(=O)O)cc(S(=O)(=O)O)cc12. The van der Waals surface area contributed by atoms with E-state index in [0.29, 0.717) is 28.2 Å². The van der Waals surface area contributed by atoms with Crippen LogP contribution in [0.25, 0.3) is 21.5 Å². The second kappa shape index (κ2) is 16.8. The lowest BCUT2D eigenvalue weighted by molar-refractivity contribution is 0.122. The second-order valence-electron chi connectivity index (χ2n) is 13.6. The molecule has 25 heteroatoms. The van der Waals surface area contributed by atoms with Crippen molar-refractivity contribution in [2.45, 2.75) is 45.5 Å². The molecule has 3 unspecified atom stereocenters. The number of azo groups is 1. The van der Waals surface area contributed by atoms with Gasteiger partial charge in [0.05, 0.1) is 21.2 Å². The Bertz CT molecular complexity index is 3220. The largest absolute Gasteiger partial charge is 0.397 e. The highest BCUT2D eigenvalue weighted by Crippen LogP contribution is 2.40. The van der Waals surface area contributed by atoms with Crippen LogP contribution in [-0.4, -0.2) is 72.9 Å². The Hall–Kier alpha value is -5.87. The molecule has 6 aromatic rings. The van der Waals surface area contributed by atoms with Crippen molar-refractivity contribution in [1.82, 2.24) is 16.0 Å². The maximum absolute atomic E-state index is 15.1. The smallest absolute Gasteiger partial charge is 0.295 e. The monoisotopic (exact) mass is 929 g/mol. The number of alkyl halides is 1. The third-order valence-electron chi connectivity index (χ3n) is 9.46. The van der Waals surface area contributed by atoms with Crippen LogP contribution in [0.15, 0.2) is 139 Å². The van der Waals surface area contributed by atoms with Gasteiger partial charge in [-0.3, -0.25) is 23.3 Å². The molecule has 6 aromatic carbocycles. The molecule has 1 heterocycles. The van der Waals surface area contributed by atoms with E-state index in [9.17, 15) is 47.3 Å². The molecule has 1 saturated heterocycles. The molecule has 1 aliphatic heterocycles. The van der Waals surface area contributed by atoms with Crippen molar-refractivity contribution in [3.63, 3.8) is 0 Å². The van der Waals surface area contributed by atoms with Gasteiger partial charge in [0.25, 0.3) is 40.4 Å². The molecule has 1 aliphatic rings. The molecule has 326 valence electrons. The van der Waals surface area contributed by atoms with Gasteiger partial charge in [-0.2, -0.15) is 25.3 Å². The number of hydrogen-bond donors (Lipinski definition) is 9. The first-order valence-electron chi connectivity index (χ1n) is 18.0. The summed E-state index contributed by atoms with van der Waals surface area (Å²) >= 11 is 0. The van der Waals surface area contributed by atoms with E-state index in [1.165, 1.54) is 48.5 Å². The predicted molar refractivity (Wildman–Crippen MR) is 228 cm³/mol. The summed E-state index contributed by atoms with van der Waals surface area (Å²) in [6.45, 7) is 1.56. The van der Waals surface area contributed by atoms with Crippen LogP contribution in [-0.2, 0) is 40.4 Å². The van der Waals surface area contributed by atoms with Crippen LogP contribution in [0.5, 0.6) is 0 Å². The number of hydrogen-bond acceptors (Lipinski definition) is 16. The first kappa shape index (κ1) is 44.2. The summed E-state index contributed by atoms with van der Waals surface area (Å²) in [5.74, 6) is 0. The minimum Gasteiger partial charge on any atom is -0.397 e. The number of para-hydroxylation sites is 1. The van der Waals surface area contributed by atoms with Crippen LogP contribution >= 0.6 is 0 Å². The lowest BCUT2D eigenvalue weighted by atomic mass is 10.1. The highest BCUT2D eigenvalue weighted by atomic mass is 32.2. The van der Waals surface area contributed by atoms with Crippen molar-refractivity contribution in [2.24, 2.45) is 10.2 Å². The predicted octanol–water partition coefficient (Wildman–Crippen LogP) is 5.07. The van der Waals surface area contributed by atoms with E-state index in [-0.39, 0.29) is 45.0 Å². The lowest BCUT2D eigenvalue weighted by Gasteiger charge is -2.36. The summed E-state index contributed by atoms with van der Waals surface area (Å²) in [6.07, 6.45) is -3.79. The van der Waals surface area contributed by atoms with Gasteiger partial charge in [0, 0.05) is 28.7 Å². The number of anilines is 4. The number of nitrogens with one attached hydrogen (secondary N) is 5. The summed E-state index contributed by atoms with van der Waals surface area (Å²) in [7, 11) is -19.0. The van der Waals surface area contributed by atoms with Crippen LogP contribution in [0.2, 0.25) is 0 Å². The van der Waals surface area contributed by atoms with E-state index in [1.54, 1.807) is 55.5 Å². The topological polar surface area (TPSA) is 311 Å². The van der Waals surface area contributed by atoms with Crippen molar-refractivity contribution in [3.8, 4) is 0 Å². The van der Waals surface area contributed by atoms with E-state index in [4.69, 9.17) is 5.73 Å². The number of nitrogen functional groups attached to an aromatic ring is 1. The summed E-state index contributed by atoms with van der Waals surface area (Å²) in [5, 5.41) is 23.3. The number of nitrogens with two attached hydrogens (primary N) is 1. The van der Waals surface area contributed by atoms with Crippen molar-refractivity contribution < 1.29 is 51.7 Å². The van der Waals surface area contributed by atoms with Crippen LogP contribution < -0.4 is 36.6 Å². The Balaban J connectivity index is 1.25. The minimum atomic E-state index is -5.07. The van der Waals surface area contributed by atoms with Gasteiger partial charge in [-0.25, -0.2) is 23.4 Å². The maximum atomic E-state index is 15.1. The molecule has 20 nitrogen and oxygen atoms in total. The summed E-state index contributed by atoms with van der Waals surface area (Å²) in [4.78, 5) is -2.50. The quantitative estimate of drug-likeness (QED) is 0.0316. The van der Waals surface area contributed by atoms with Gasteiger partial charge < -0.3 is 16.4 Å². The Morgan fingerprint density at radius 3 is 1.89 bits per heavy atom. The van der Waals surface area contributed by atoms with Crippen LogP contribution in [0.1, 0.15) is 6.92 Å². The summed E-state index contributed by atoms with van der Waals surface area (Å²) < 4.78 is 146. The van der Waals surface area contributed by atoms with Crippen LogP contribution in [0, 0.1) is 0 Å². The van der Waals surface area contributed by atoms with E-state index < -0.39 is 74.1 Å². The average Bonchev–Trinajstić information content (AvgIpc) is 3.19. The molecule has 0 aliphatic carbocycles. The summed E-state index contributed by atoms with van der Waals surface area (Å²) in [6, 6.07) is 24.8. The van der Waals surface area contributed by atoms with Crippen LogP contribution in [0.3, 0.4) is 0 Å². The highest BCUT2D eigenvalue weighted by Gasteiger charge is 2.30. The molecule has 0 amide bonds. The van der Waals surface area contributed by atoms with Gasteiger partial charge in [-0.1, -0.05) is 36.4 Å². The molecule has 10 N–H and O–H groups in total. The second-order valence-corrected chi connectivity index (χ2v) is 19.6. The Kier molecular flexibility index (Phi) is 12.0. The normalized spacial score (nSPS) is 17.7. The first-order chi connectivity index (χ1) is 29.1. The highest BCUT2D eigenvalue weighted by molar-refractivity contribution is 7.93. The molecular weight excluding hydrogens is 894 g/mol. The van der Waals surface area contributed by atoms with Crippen LogP contribution in [0.4, 0.5) is 38.5 Å². The number of sulfonamides is 1. The molecule has 0 spiro atoms. The fraction of sp³-hybridized carbons (Fsp3) is 0.135. The van der Waals surface area contributed by atoms with Crippen molar-refractivity contribution in [3.05, 3.63) is 109 Å². The standard InChI is InChI=1S/C37H36FN9O11S4/c1-2-47(25-6-4-3-5-7-25)59(48,49)33-18-24(41-37-43-35(38)42-36(44-37)40-23-10-8-22-17-26(60(50,51)52)12-9-21(22)16-23)11-15-31(33)45-46-34-29-19-27(61(53,54)55)20-32(62(56,57)58)28(29)13-14-30(34)39/h3-20,35-37,40-44H,2,39H2,1H3,(H,50,51,52)(H,53,54,55)(H,56,57,58). The maximum Gasteiger partial charge on any atom is 0.295 e. The molecule has 0 bridgehead atoms. The zero-order chi connectivity index (χ0) is 44.8. The van der Waals surface area contributed by atoms with Crippen molar-refractivity contribution >= 4 is 96.0 Å². The first-order valence-corrected chi connectivity index (χ1v) is 23.8. The Labute approximate surface area is 354 Å². The molecular formula is C37H36FN9O11S4. The van der Waals surface area contributed by atoms with E-state index in [2.05, 4.69) is 36.8 Å². The van der Waals surface area contributed by atoms with Gasteiger partial charge in [0.15, 0.2) is 0 Å². The van der Waals surface area contributed by atoms with E-state index in [1.807, 2.05) is 0 Å². The molecule has 0 saturated carbocycles. The van der Waals surface area contributed by atoms with Gasteiger partial charge >= 0.3 is 0 Å².